The molecule has 6 N–H and O–H groups in total. The summed E-state index contributed by atoms with van der Waals surface area (Å²) in [4.78, 5) is 24.6. The van der Waals surface area contributed by atoms with Gasteiger partial charge in [0, 0.05) is 44.2 Å². The van der Waals surface area contributed by atoms with E-state index in [0.29, 0.717) is 39.5 Å². The van der Waals surface area contributed by atoms with Crippen LogP contribution in [0.5, 0.6) is 0 Å². The highest BCUT2D eigenvalue weighted by atomic mass is 127. The summed E-state index contributed by atoms with van der Waals surface area (Å²) >= 11 is 2.24. The molecule has 0 aliphatic carbocycles. The van der Waals surface area contributed by atoms with E-state index in [1.807, 2.05) is 36.4 Å². The van der Waals surface area contributed by atoms with Gasteiger partial charge in [0.25, 0.3) is 0 Å². The number of nitrogens with two attached hydrogens (primary N) is 2. The van der Waals surface area contributed by atoms with Gasteiger partial charge in [-0.3, -0.25) is 19.8 Å². The lowest BCUT2D eigenvalue weighted by Gasteiger charge is -2.08. The van der Waals surface area contributed by atoms with Gasteiger partial charge in [-0.25, -0.2) is 0 Å². The van der Waals surface area contributed by atoms with Crippen LogP contribution < -0.4 is 11.5 Å². The Morgan fingerprint density at radius 3 is 1.57 bits per heavy atom. The van der Waals surface area contributed by atoms with E-state index in [4.69, 9.17) is 17.9 Å². The molecule has 0 fully saturated rings. The number of hydrogen-bond donors (Lipinski definition) is 4. The van der Waals surface area contributed by atoms with Crippen LogP contribution in [-0.2, 0) is 25.2 Å². The molecule has 0 saturated heterocycles. The number of fused-ring (bicyclic) bond motifs is 2. The Balaban J connectivity index is 0.000000177. The van der Waals surface area contributed by atoms with Gasteiger partial charge in [0.1, 0.15) is 0 Å². The molecule has 15 heteroatoms. The van der Waals surface area contributed by atoms with Crippen molar-refractivity contribution in [1.29, 1.82) is 0 Å². The van der Waals surface area contributed by atoms with E-state index in [0.717, 1.165) is 49.6 Å². The van der Waals surface area contributed by atoms with E-state index < -0.39 is 29.3 Å². The normalized spacial score (nSPS) is 11.0. The molecular formula is C48H33F6IN6O2. The summed E-state index contributed by atoms with van der Waals surface area (Å²) in [6.45, 7) is 0. The number of benzene rings is 6. The minimum absolute atomic E-state index is 0.0107. The fourth-order valence-electron chi connectivity index (χ4n) is 6.24. The number of aromatic nitrogens is 4. The van der Waals surface area contributed by atoms with Crippen molar-refractivity contribution in [2.24, 2.45) is 0 Å². The van der Waals surface area contributed by atoms with Gasteiger partial charge < -0.3 is 11.5 Å². The number of ketones is 2. The molecule has 316 valence electrons. The number of aromatic amines is 2. The van der Waals surface area contributed by atoms with E-state index in [1.54, 1.807) is 48.5 Å². The van der Waals surface area contributed by atoms with Crippen LogP contribution in [0.3, 0.4) is 0 Å². The molecule has 2 aromatic heterocycles. The summed E-state index contributed by atoms with van der Waals surface area (Å²) in [5.41, 5.74) is 15.1. The number of nitrogens with zero attached hydrogens (tertiary/aromatic N) is 2. The second-order valence-electron chi connectivity index (χ2n) is 13.8. The maximum Gasteiger partial charge on any atom is 0.416 e. The van der Waals surface area contributed by atoms with Crippen molar-refractivity contribution in [2.45, 2.75) is 25.2 Å². The van der Waals surface area contributed by atoms with Crippen LogP contribution in [0.4, 0.5) is 38.0 Å². The number of hydrogen-bond acceptors (Lipinski definition) is 6. The fourth-order valence-corrected chi connectivity index (χ4v) is 7.01. The van der Waals surface area contributed by atoms with Crippen LogP contribution in [0, 0.1) is 27.8 Å². The lowest BCUT2D eigenvalue weighted by molar-refractivity contribution is -0.138. The smallest absolute Gasteiger partial charge is 0.382 e. The summed E-state index contributed by atoms with van der Waals surface area (Å²) in [6.07, 6.45) is -3.70. The zero-order valence-corrected chi connectivity index (χ0v) is 34.9. The highest BCUT2D eigenvalue weighted by molar-refractivity contribution is 14.1. The van der Waals surface area contributed by atoms with Gasteiger partial charge in [-0.15, -0.1) is 6.42 Å². The van der Waals surface area contributed by atoms with E-state index in [2.05, 4.69) is 60.7 Å². The molecular weight excluding hydrogens is 933 g/mol. The summed E-state index contributed by atoms with van der Waals surface area (Å²) in [7, 11) is 0. The molecule has 0 aliphatic heterocycles. The molecule has 2 heterocycles. The molecule has 0 aliphatic rings. The Kier molecular flexibility index (Phi) is 14.0. The number of H-pyrrole nitrogens is 2. The Hall–Kier alpha value is -7.37. The predicted molar refractivity (Wildman–Crippen MR) is 239 cm³/mol. The average Bonchev–Trinajstić information content (AvgIpc) is 3.85. The van der Waals surface area contributed by atoms with Gasteiger partial charge in [-0.1, -0.05) is 78.4 Å². The van der Waals surface area contributed by atoms with Crippen molar-refractivity contribution in [2.75, 3.05) is 11.5 Å². The maximum absolute atomic E-state index is 12.9. The molecule has 0 saturated carbocycles. The first kappa shape index (κ1) is 45.2. The SMILES string of the molecule is C#Cc1cccc(CC(=O)c2cccc(C(F)(F)F)c2)c1.Nc1n[nH]c2cccc(C#Cc3cccc(CC(=O)c4cccc(C(F)(F)F)c4)c3)c12.Nc1n[nH]c2cccc(I)c12. The van der Waals surface area contributed by atoms with Crippen LogP contribution in [0.15, 0.2) is 133 Å². The summed E-state index contributed by atoms with van der Waals surface area (Å²) in [5, 5.41) is 15.3. The van der Waals surface area contributed by atoms with Crippen molar-refractivity contribution in [3.05, 3.63) is 187 Å². The van der Waals surface area contributed by atoms with Crippen LogP contribution in [0.2, 0.25) is 0 Å². The Morgan fingerprint density at radius 2 is 1.05 bits per heavy atom. The van der Waals surface area contributed by atoms with Gasteiger partial charge in [-0.05, 0) is 107 Å². The van der Waals surface area contributed by atoms with E-state index >= 15 is 0 Å². The zero-order chi connectivity index (χ0) is 45.3. The second-order valence-corrected chi connectivity index (χ2v) is 14.9. The topological polar surface area (TPSA) is 144 Å². The van der Waals surface area contributed by atoms with Gasteiger partial charge in [0.05, 0.1) is 32.9 Å². The largest absolute Gasteiger partial charge is 0.416 e. The van der Waals surface area contributed by atoms with Crippen LogP contribution in [0.1, 0.15) is 59.7 Å². The first-order valence-electron chi connectivity index (χ1n) is 18.7. The number of nitrogens with one attached hydrogen (secondary N) is 2. The maximum atomic E-state index is 12.9. The number of halogens is 7. The molecule has 0 unspecified atom stereocenters. The molecule has 0 amide bonds. The first-order chi connectivity index (χ1) is 30.0. The number of Topliss-reactive ketones (excluding diaryl/α,β-unsaturated/α-hetero) is 2. The highest BCUT2D eigenvalue weighted by Crippen LogP contribution is 2.31. The zero-order valence-electron chi connectivity index (χ0n) is 32.7. The average molecular weight is 967 g/mol. The summed E-state index contributed by atoms with van der Waals surface area (Å²) in [5.74, 6) is 8.72. The lowest BCUT2D eigenvalue weighted by Crippen LogP contribution is -2.09. The highest BCUT2D eigenvalue weighted by Gasteiger charge is 2.31. The number of anilines is 2. The van der Waals surface area contributed by atoms with Crippen molar-refractivity contribution in [1.82, 2.24) is 20.4 Å². The molecule has 0 radical (unpaired) electrons. The number of alkyl halides is 6. The minimum Gasteiger partial charge on any atom is -0.382 e. The van der Waals surface area contributed by atoms with E-state index in [-0.39, 0.29) is 29.8 Å². The third-order valence-corrected chi connectivity index (χ3v) is 10.2. The number of carbonyl (C=O) groups excluding carboxylic acids is 2. The summed E-state index contributed by atoms with van der Waals surface area (Å²) in [6, 6.07) is 34.2. The molecule has 0 spiro atoms. The minimum atomic E-state index is -4.49. The number of terminal acetylenes is 1. The van der Waals surface area contributed by atoms with Crippen LogP contribution in [0.25, 0.3) is 21.8 Å². The van der Waals surface area contributed by atoms with Crippen molar-refractivity contribution in [3.8, 4) is 24.2 Å². The van der Waals surface area contributed by atoms with E-state index in [1.165, 1.54) is 24.3 Å². The number of nitrogen functional groups attached to an aromatic ring is 2. The molecule has 8 rings (SSSR count). The quantitative estimate of drug-likeness (QED) is 0.0566. The Morgan fingerprint density at radius 1 is 0.587 bits per heavy atom. The molecule has 6 aromatic carbocycles. The molecule has 0 bridgehead atoms. The fraction of sp³-hybridized carbons (Fsp3) is 0.0833. The van der Waals surface area contributed by atoms with Gasteiger partial charge >= 0.3 is 12.4 Å². The third kappa shape index (κ3) is 11.7. The third-order valence-electron chi connectivity index (χ3n) is 9.30. The summed E-state index contributed by atoms with van der Waals surface area (Å²) < 4.78 is 77.7. The predicted octanol–water partition coefficient (Wildman–Crippen LogP) is 10.9. The van der Waals surface area contributed by atoms with Crippen molar-refractivity contribution in [3.63, 3.8) is 0 Å². The Bertz CT molecular complexity index is 3060. The van der Waals surface area contributed by atoms with Crippen molar-refractivity contribution >= 4 is 67.6 Å². The first-order valence-corrected chi connectivity index (χ1v) is 19.8. The lowest BCUT2D eigenvalue weighted by atomic mass is 10.00. The number of carbonyl (C=O) groups is 2. The van der Waals surface area contributed by atoms with Crippen LogP contribution in [-0.4, -0.2) is 32.0 Å². The van der Waals surface area contributed by atoms with Gasteiger partial charge in [0.2, 0.25) is 0 Å². The molecule has 63 heavy (non-hydrogen) atoms. The standard InChI is InChI=1S/C24H16F3N3O.C17H11F3O.C7H6IN3/c25-24(26,27)19-8-2-7-18(14-19)21(31)13-16-5-1-4-15(12-16)10-11-17-6-3-9-20-22(17)23(28)30-29-20;1-2-12-5-3-6-13(9-12)10-16(21)14-7-4-8-15(11-14)17(18,19)20;8-4-2-1-3-5-6(4)7(9)11-10-5/h1-9,12,14H,13H2,(H3,28,29,30);1,3-9,11H,10H2;1-3H,(H3,9,10,11). The van der Waals surface area contributed by atoms with Gasteiger partial charge in [-0.2, -0.15) is 36.5 Å². The Labute approximate surface area is 370 Å². The van der Waals surface area contributed by atoms with E-state index in [9.17, 15) is 35.9 Å². The molecule has 8 aromatic rings. The van der Waals surface area contributed by atoms with Crippen LogP contribution >= 0.6 is 22.6 Å². The van der Waals surface area contributed by atoms with Crippen molar-refractivity contribution < 1.29 is 35.9 Å². The monoisotopic (exact) mass is 966 g/mol. The molecule has 8 nitrogen and oxygen atoms in total. The van der Waals surface area contributed by atoms with Gasteiger partial charge in [0.15, 0.2) is 23.2 Å². The second kappa shape index (κ2) is 19.6. The number of rotatable bonds is 6. The molecule has 0 atom stereocenters.